The van der Waals surface area contributed by atoms with E-state index in [2.05, 4.69) is 25.5 Å². The molecule has 2 aromatic heterocycles. The Hall–Kier alpha value is -2.29. The minimum Gasteiger partial charge on any atom is -0.374 e. The highest BCUT2D eigenvalue weighted by molar-refractivity contribution is 7.15. The summed E-state index contributed by atoms with van der Waals surface area (Å²) in [5, 5.41) is 12.6. The molecule has 8 nitrogen and oxygen atoms in total. The minimum atomic E-state index is 0.255. The van der Waals surface area contributed by atoms with Crippen molar-refractivity contribution in [2.24, 2.45) is 5.92 Å². The summed E-state index contributed by atoms with van der Waals surface area (Å²) < 4.78 is 0. The van der Waals surface area contributed by atoms with Crippen molar-refractivity contribution in [1.29, 1.82) is 0 Å². The van der Waals surface area contributed by atoms with Crippen molar-refractivity contribution in [3.63, 3.8) is 0 Å². The number of anilines is 2. The van der Waals surface area contributed by atoms with Gasteiger partial charge in [0.05, 0.1) is 12.2 Å². The number of nitrogens with one attached hydrogen (secondary N) is 1. The van der Waals surface area contributed by atoms with Crippen LogP contribution >= 0.6 is 11.3 Å². The first-order valence-corrected chi connectivity index (χ1v) is 8.95. The molecule has 9 heteroatoms. The standard InChI is InChI=1S/C15H19N7OS/c16-15-21-20-12(24-15)3-5-17-13-10-4-6-22(14(23)9-1-2-9)7-11(10)18-8-19-13/h8-9H,1-7H2,(H2,16,21)(H,17,18,19). The summed E-state index contributed by atoms with van der Waals surface area (Å²) in [6.45, 7) is 2.05. The number of nitrogens with zero attached hydrogens (tertiary/aromatic N) is 5. The molecule has 2 aromatic rings. The number of carbonyl (C=O) groups excluding carboxylic acids is 1. The summed E-state index contributed by atoms with van der Waals surface area (Å²) in [5.74, 6) is 1.39. The molecule has 1 amide bonds. The summed E-state index contributed by atoms with van der Waals surface area (Å²) in [7, 11) is 0. The topological polar surface area (TPSA) is 110 Å². The number of hydrogen-bond donors (Lipinski definition) is 2. The number of fused-ring (bicyclic) bond motifs is 1. The fraction of sp³-hybridized carbons (Fsp3) is 0.533. The first kappa shape index (κ1) is 15.3. The van der Waals surface area contributed by atoms with Gasteiger partial charge < -0.3 is 16.0 Å². The van der Waals surface area contributed by atoms with Crippen LogP contribution in [0.2, 0.25) is 0 Å². The van der Waals surface area contributed by atoms with Gasteiger partial charge in [0.2, 0.25) is 11.0 Å². The molecule has 0 atom stereocenters. The Morgan fingerprint density at radius 1 is 1.38 bits per heavy atom. The van der Waals surface area contributed by atoms with Crippen molar-refractivity contribution in [1.82, 2.24) is 25.1 Å². The first-order valence-electron chi connectivity index (χ1n) is 8.14. The monoisotopic (exact) mass is 345 g/mol. The molecule has 3 N–H and O–H groups in total. The highest BCUT2D eigenvalue weighted by Crippen LogP contribution is 2.33. The molecular weight excluding hydrogens is 326 g/mol. The van der Waals surface area contributed by atoms with Crippen molar-refractivity contribution >= 4 is 28.2 Å². The highest BCUT2D eigenvalue weighted by Gasteiger charge is 2.35. The summed E-state index contributed by atoms with van der Waals surface area (Å²) in [6, 6.07) is 0. The molecule has 0 saturated heterocycles. The quantitative estimate of drug-likeness (QED) is 0.827. The minimum absolute atomic E-state index is 0.255. The molecule has 1 aliphatic carbocycles. The van der Waals surface area contributed by atoms with Crippen molar-refractivity contribution < 1.29 is 4.79 Å². The van der Waals surface area contributed by atoms with Crippen LogP contribution < -0.4 is 11.1 Å². The lowest BCUT2D eigenvalue weighted by atomic mass is 10.0. The lowest BCUT2D eigenvalue weighted by Gasteiger charge is -2.29. The van der Waals surface area contributed by atoms with Crippen LogP contribution in [-0.2, 0) is 24.2 Å². The van der Waals surface area contributed by atoms with Gasteiger partial charge in [0, 0.05) is 31.0 Å². The summed E-state index contributed by atoms with van der Waals surface area (Å²) in [4.78, 5) is 22.9. The zero-order valence-corrected chi connectivity index (χ0v) is 14.1. The average molecular weight is 345 g/mol. The van der Waals surface area contributed by atoms with E-state index in [1.807, 2.05) is 4.90 Å². The van der Waals surface area contributed by atoms with Gasteiger partial charge in [-0.1, -0.05) is 11.3 Å². The van der Waals surface area contributed by atoms with Crippen molar-refractivity contribution in [2.75, 3.05) is 24.1 Å². The van der Waals surface area contributed by atoms with Crippen LogP contribution in [0, 0.1) is 5.92 Å². The number of aromatic nitrogens is 4. The predicted octanol–water partition coefficient (Wildman–Crippen LogP) is 0.860. The van der Waals surface area contributed by atoms with Crippen LogP contribution in [-0.4, -0.2) is 44.1 Å². The molecule has 0 unspecified atom stereocenters. The summed E-state index contributed by atoms with van der Waals surface area (Å²) >= 11 is 1.40. The van der Waals surface area contributed by atoms with E-state index in [-0.39, 0.29) is 11.8 Å². The Kier molecular flexibility index (Phi) is 4.01. The van der Waals surface area contributed by atoms with E-state index in [1.165, 1.54) is 11.3 Å². The van der Waals surface area contributed by atoms with Crippen molar-refractivity contribution in [3.8, 4) is 0 Å². The van der Waals surface area contributed by atoms with E-state index in [9.17, 15) is 4.79 Å². The lowest BCUT2D eigenvalue weighted by molar-refractivity contribution is -0.133. The molecule has 4 rings (SSSR count). The molecule has 3 heterocycles. The lowest BCUT2D eigenvalue weighted by Crippen LogP contribution is -2.37. The molecular formula is C15H19N7OS. The van der Waals surface area contributed by atoms with Crippen molar-refractivity contribution in [2.45, 2.75) is 32.2 Å². The van der Waals surface area contributed by atoms with E-state index < -0.39 is 0 Å². The fourth-order valence-corrected chi connectivity index (χ4v) is 3.55. The summed E-state index contributed by atoms with van der Waals surface area (Å²) in [6.07, 6.45) is 5.18. The Balaban J connectivity index is 1.40. The highest BCUT2D eigenvalue weighted by atomic mass is 32.1. The third-order valence-corrected chi connectivity index (χ3v) is 5.17. The van der Waals surface area contributed by atoms with Gasteiger partial charge in [-0.25, -0.2) is 9.97 Å². The SMILES string of the molecule is Nc1nnc(CCNc2ncnc3c2CCN(C(=O)C2CC2)C3)s1. The van der Waals surface area contributed by atoms with Crippen LogP contribution in [0.4, 0.5) is 10.9 Å². The van der Waals surface area contributed by atoms with Crippen LogP contribution in [0.3, 0.4) is 0 Å². The molecule has 1 aliphatic heterocycles. The number of carbonyl (C=O) groups is 1. The number of rotatable bonds is 5. The Bertz CT molecular complexity index is 758. The second kappa shape index (κ2) is 6.31. The number of nitrogens with two attached hydrogens (primary N) is 1. The average Bonchev–Trinajstić information content (AvgIpc) is 3.36. The predicted molar refractivity (Wildman–Crippen MR) is 90.4 cm³/mol. The van der Waals surface area contributed by atoms with Crippen LogP contribution in [0.15, 0.2) is 6.33 Å². The van der Waals surface area contributed by atoms with E-state index in [0.29, 0.717) is 18.2 Å². The molecule has 24 heavy (non-hydrogen) atoms. The van der Waals surface area contributed by atoms with Crippen molar-refractivity contribution in [3.05, 3.63) is 22.6 Å². The fourth-order valence-electron chi connectivity index (χ4n) is 2.94. The maximum Gasteiger partial charge on any atom is 0.226 e. The third kappa shape index (κ3) is 3.16. The molecule has 1 fully saturated rings. The van der Waals surface area contributed by atoms with Gasteiger partial charge in [0.25, 0.3) is 0 Å². The zero-order chi connectivity index (χ0) is 16.5. The second-order valence-corrected chi connectivity index (χ2v) is 7.24. The van der Waals surface area contributed by atoms with Crippen LogP contribution in [0.1, 0.15) is 29.1 Å². The van der Waals surface area contributed by atoms with Crippen LogP contribution in [0.5, 0.6) is 0 Å². The maximum atomic E-state index is 12.2. The molecule has 1 saturated carbocycles. The van der Waals surface area contributed by atoms with E-state index >= 15 is 0 Å². The Labute approximate surface area is 143 Å². The van der Waals surface area contributed by atoms with Gasteiger partial charge >= 0.3 is 0 Å². The number of amides is 1. The van der Waals surface area contributed by atoms with E-state index in [4.69, 9.17) is 5.73 Å². The Morgan fingerprint density at radius 2 is 2.25 bits per heavy atom. The van der Waals surface area contributed by atoms with Gasteiger partial charge in [-0.15, -0.1) is 10.2 Å². The van der Waals surface area contributed by atoms with E-state index in [1.54, 1.807) is 6.33 Å². The van der Waals surface area contributed by atoms with Crippen LogP contribution in [0.25, 0.3) is 0 Å². The molecule has 0 aromatic carbocycles. The maximum absolute atomic E-state index is 12.2. The largest absolute Gasteiger partial charge is 0.374 e. The molecule has 0 bridgehead atoms. The Morgan fingerprint density at radius 3 is 3.00 bits per heavy atom. The smallest absolute Gasteiger partial charge is 0.226 e. The van der Waals surface area contributed by atoms with E-state index in [0.717, 1.165) is 54.3 Å². The van der Waals surface area contributed by atoms with Gasteiger partial charge in [0.1, 0.15) is 17.2 Å². The third-order valence-electron chi connectivity index (χ3n) is 4.36. The van der Waals surface area contributed by atoms with Gasteiger partial charge in [-0.2, -0.15) is 0 Å². The van der Waals surface area contributed by atoms with Gasteiger partial charge in [-0.05, 0) is 19.3 Å². The number of hydrogen-bond acceptors (Lipinski definition) is 8. The zero-order valence-electron chi connectivity index (χ0n) is 13.2. The molecule has 2 aliphatic rings. The normalized spacial score (nSPS) is 16.8. The van der Waals surface area contributed by atoms with Gasteiger partial charge in [-0.3, -0.25) is 4.79 Å². The molecule has 0 spiro atoms. The molecule has 126 valence electrons. The number of nitrogen functional groups attached to an aromatic ring is 1. The summed E-state index contributed by atoms with van der Waals surface area (Å²) in [5.41, 5.74) is 7.66. The molecule has 0 radical (unpaired) electrons. The first-order chi connectivity index (χ1) is 11.7. The van der Waals surface area contributed by atoms with Gasteiger partial charge in [0.15, 0.2) is 0 Å². The second-order valence-electron chi connectivity index (χ2n) is 6.14.